The smallest absolute Gasteiger partial charge is 0.471 e. The predicted molar refractivity (Wildman–Crippen MR) is 216 cm³/mol. The molecule has 4 aromatic rings. The Labute approximate surface area is 342 Å². The van der Waals surface area contributed by atoms with Gasteiger partial charge in [0, 0.05) is 25.2 Å². The number of amides is 1. The van der Waals surface area contributed by atoms with Crippen LogP contribution in [0.2, 0.25) is 0 Å². The number of aryl methyl sites for hydroxylation is 1. The normalized spacial score (nSPS) is 18.0. The first kappa shape index (κ1) is 45.5. The number of nitrogens with one attached hydrogen (secondary N) is 1. The van der Waals surface area contributed by atoms with Crippen LogP contribution in [0.1, 0.15) is 62.6 Å². The Bertz CT molecular complexity index is 2080. The molecule has 13 nitrogen and oxygen atoms in total. The van der Waals surface area contributed by atoms with Gasteiger partial charge in [-0.3, -0.25) is 27.9 Å². The van der Waals surface area contributed by atoms with Crippen molar-refractivity contribution in [2.75, 3.05) is 41.0 Å². The maximum Gasteiger partial charge on any atom is 0.471 e. The molecule has 1 saturated heterocycles. The highest BCUT2D eigenvalue weighted by Gasteiger charge is 2.51. The molecule has 0 saturated carbocycles. The Morgan fingerprint density at radius 3 is 1.95 bits per heavy atom. The summed E-state index contributed by atoms with van der Waals surface area (Å²) in [5.74, 6) is -0.734. The molecule has 320 valence electrons. The standard InChI is InChI=1S/C42H52F3N4O9P/c1-27(2)49(28(3)4,23-22-47(6)39(51)42(43,44)45)59(53)58-35-24-37(48-25-29(5)38(50)46-40(48)52)57-36(35)26-56-41(30-12-10-9-11-13-30,31-14-18-33(54-7)19-15-31)32-16-20-34(55-8)21-17-32/h9-21,25,27-28,35-37,53H,22-24,26H2,1-8H3/p+1/t35-,36+,37+,59?/m0/s1. The van der Waals surface area contributed by atoms with Gasteiger partial charge in [-0.05, 0) is 75.6 Å². The van der Waals surface area contributed by atoms with Crippen LogP contribution in [0.25, 0.3) is 0 Å². The summed E-state index contributed by atoms with van der Waals surface area (Å²) >= 11 is 0. The topological polar surface area (TPSA) is 142 Å². The van der Waals surface area contributed by atoms with Crippen LogP contribution >= 0.6 is 8.53 Å². The fraction of sp³-hybridized carbons (Fsp3) is 0.452. The van der Waals surface area contributed by atoms with Crippen molar-refractivity contribution in [3.05, 3.63) is 128 Å². The molecular formula is C42H53F3N4O9P+. The first-order valence-electron chi connectivity index (χ1n) is 19.2. The zero-order valence-electron chi connectivity index (χ0n) is 34.4. The van der Waals surface area contributed by atoms with E-state index in [1.165, 1.54) is 10.8 Å². The number of aromatic amines is 1. The number of hydrogen-bond donors (Lipinski definition) is 2. The van der Waals surface area contributed by atoms with Crippen molar-refractivity contribution >= 4 is 14.4 Å². The van der Waals surface area contributed by atoms with Gasteiger partial charge in [0.1, 0.15) is 42.1 Å². The molecule has 1 fully saturated rings. The number of likely N-dealkylation sites (N-methyl/N-ethyl adjacent to an activating group) is 1. The number of H-pyrrole nitrogens is 1. The van der Waals surface area contributed by atoms with Gasteiger partial charge in [-0.2, -0.15) is 13.2 Å². The van der Waals surface area contributed by atoms with Crippen molar-refractivity contribution in [2.45, 2.75) is 83.3 Å². The molecule has 0 bridgehead atoms. The molecule has 1 aliphatic rings. The second kappa shape index (κ2) is 18.8. The zero-order valence-corrected chi connectivity index (χ0v) is 35.3. The number of halogens is 3. The van der Waals surface area contributed by atoms with Gasteiger partial charge >= 0.3 is 26.3 Å². The van der Waals surface area contributed by atoms with E-state index in [9.17, 15) is 32.4 Å². The summed E-state index contributed by atoms with van der Waals surface area (Å²) in [4.78, 5) is 52.7. The molecule has 0 radical (unpaired) electrons. The molecule has 0 spiro atoms. The minimum atomic E-state index is -5.06. The highest BCUT2D eigenvalue weighted by molar-refractivity contribution is 7.39. The van der Waals surface area contributed by atoms with Crippen molar-refractivity contribution in [1.82, 2.24) is 14.5 Å². The number of benzene rings is 3. The van der Waals surface area contributed by atoms with E-state index in [0.717, 1.165) is 23.7 Å². The molecule has 1 aromatic heterocycles. The quantitative estimate of drug-likeness (QED) is 0.0911. The molecule has 2 heterocycles. The molecule has 3 aromatic carbocycles. The van der Waals surface area contributed by atoms with Crippen molar-refractivity contribution < 1.29 is 50.6 Å². The Hall–Kier alpha value is -4.57. The Balaban J connectivity index is 1.58. The number of carbonyl (C=O) groups excluding carboxylic acids is 1. The zero-order chi connectivity index (χ0) is 43.3. The molecular weight excluding hydrogens is 792 g/mol. The van der Waals surface area contributed by atoms with Crippen LogP contribution in [0.15, 0.2) is 94.6 Å². The van der Waals surface area contributed by atoms with Gasteiger partial charge in [0.15, 0.2) is 0 Å². The Kier molecular flexibility index (Phi) is 14.5. The lowest BCUT2D eigenvalue weighted by Crippen LogP contribution is -2.57. The van der Waals surface area contributed by atoms with Gasteiger partial charge in [-0.25, -0.2) is 4.79 Å². The van der Waals surface area contributed by atoms with Crippen LogP contribution in [0.4, 0.5) is 13.2 Å². The lowest BCUT2D eigenvalue weighted by Gasteiger charge is -2.47. The molecule has 2 N–H and O–H groups in total. The minimum absolute atomic E-state index is 0.0326. The molecule has 17 heteroatoms. The number of quaternary nitrogens is 1. The molecule has 5 rings (SSSR count). The van der Waals surface area contributed by atoms with Gasteiger partial charge in [-0.1, -0.05) is 54.6 Å². The summed E-state index contributed by atoms with van der Waals surface area (Å²) in [5, 5.41) is 0. The third-order valence-electron chi connectivity index (χ3n) is 11.0. The molecule has 1 aliphatic heterocycles. The Morgan fingerprint density at radius 1 is 0.932 bits per heavy atom. The van der Waals surface area contributed by atoms with Crippen LogP contribution in [0.5, 0.6) is 11.5 Å². The van der Waals surface area contributed by atoms with Gasteiger partial charge < -0.3 is 28.7 Å². The van der Waals surface area contributed by atoms with Gasteiger partial charge in [0.25, 0.3) is 5.56 Å². The van der Waals surface area contributed by atoms with Crippen molar-refractivity contribution in [3.8, 4) is 11.5 Å². The van der Waals surface area contributed by atoms with E-state index < -0.39 is 55.9 Å². The highest BCUT2D eigenvalue weighted by atomic mass is 31.2. The molecule has 1 unspecified atom stereocenters. The predicted octanol–water partition coefficient (Wildman–Crippen LogP) is 6.42. The molecule has 0 aliphatic carbocycles. The van der Waals surface area contributed by atoms with Crippen LogP contribution < -0.4 is 20.7 Å². The summed E-state index contributed by atoms with van der Waals surface area (Å²) in [6, 6.07) is 23.7. The number of aromatic nitrogens is 2. The van der Waals surface area contributed by atoms with Gasteiger partial charge in [0.05, 0.1) is 39.5 Å². The number of rotatable bonds is 17. The van der Waals surface area contributed by atoms with Crippen molar-refractivity contribution in [3.63, 3.8) is 0 Å². The number of hydrogen-bond acceptors (Lipinski definition) is 9. The van der Waals surface area contributed by atoms with Crippen LogP contribution in [0.3, 0.4) is 0 Å². The molecule has 59 heavy (non-hydrogen) atoms. The second-order valence-corrected chi connectivity index (χ2v) is 16.5. The lowest BCUT2D eigenvalue weighted by molar-refractivity contribution is -0.861. The van der Waals surface area contributed by atoms with E-state index in [-0.39, 0.29) is 48.0 Å². The van der Waals surface area contributed by atoms with Crippen LogP contribution in [-0.4, -0.2) is 101 Å². The van der Waals surface area contributed by atoms with Crippen LogP contribution in [0, 0.1) is 6.92 Å². The van der Waals surface area contributed by atoms with E-state index in [0.29, 0.717) is 16.4 Å². The lowest BCUT2D eigenvalue weighted by atomic mass is 9.80. The van der Waals surface area contributed by atoms with E-state index in [1.54, 1.807) is 21.1 Å². The fourth-order valence-electron chi connectivity index (χ4n) is 7.64. The monoisotopic (exact) mass is 845 g/mol. The summed E-state index contributed by atoms with van der Waals surface area (Å²) in [7, 11) is 1.72. The average Bonchev–Trinajstić information content (AvgIpc) is 3.61. The first-order valence-corrected chi connectivity index (χ1v) is 20.4. The summed E-state index contributed by atoms with van der Waals surface area (Å²) in [6.07, 6.45) is -6.47. The third kappa shape index (κ3) is 9.58. The maximum absolute atomic E-state index is 13.4. The van der Waals surface area contributed by atoms with E-state index >= 15 is 0 Å². The van der Waals surface area contributed by atoms with E-state index in [4.69, 9.17) is 23.5 Å². The van der Waals surface area contributed by atoms with Crippen LogP contribution in [-0.2, 0) is 24.4 Å². The maximum atomic E-state index is 13.4. The van der Waals surface area contributed by atoms with E-state index in [1.807, 2.05) is 107 Å². The average molecular weight is 846 g/mol. The first-order chi connectivity index (χ1) is 27.9. The van der Waals surface area contributed by atoms with E-state index in [2.05, 4.69) is 4.98 Å². The fourth-order valence-corrected chi connectivity index (χ4v) is 9.33. The van der Waals surface area contributed by atoms with Gasteiger partial charge in [-0.15, -0.1) is 0 Å². The van der Waals surface area contributed by atoms with Crippen molar-refractivity contribution in [2.24, 2.45) is 0 Å². The second-order valence-electron chi connectivity index (χ2n) is 15.1. The highest BCUT2D eigenvalue weighted by Crippen LogP contribution is 2.53. The largest absolute Gasteiger partial charge is 0.497 e. The summed E-state index contributed by atoms with van der Waals surface area (Å²) in [5.41, 5.74) is -0.00652. The Morgan fingerprint density at radius 2 is 1.46 bits per heavy atom. The number of nitrogens with zero attached hydrogens (tertiary/aromatic N) is 3. The minimum Gasteiger partial charge on any atom is -0.497 e. The SMILES string of the molecule is COc1ccc(C(OC[C@H]2O[C@@H](n3cc(C)c(=O)[nH]c3=O)C[C@@H]2OP(O)[N+](CCN(C)C(=O)C(F)(F)F)(C(C)C)C(C)C)(c2ccccc2)c2ccc(OC)cc2)cc1. The number of ether oxygens (including phenoxy) is 4. The summed E-state index contributed by atoms with van der Waals surface area (Å²) in [6.45, 7) is 8.35. The third-order valence-corrected chi connectivity index (χ3v) is 13.2. The van der Waals surface area contributed by atoms with Crippen molar-refractivity contribution in [1.29, 1.82) is 0 Å². The number of methoxy groups -OCH3 is 2. The number of alkyl halides is 3. The molecule has 4 atom stereocenters. The molecule has 1 amide bonds. The van der Waals surface area contributed by atoms with Gasteiger partial charge in [0.2, 0.25) is 0 Å². The number of carbonyl (C=O) groups is 1. The summed E-state index contributed by atoms with van der Waals surface area (Å²) < 4.78 is 72.4.